The molecule has 2 N–H and O–H groups in total. The molecule has 7 nitrogen and oxygen atoms in total. The van der Waals surface area contributed by atoms with Crippen LogP contribution in [0.2, 0.25) is 5.02 Å². The maximum Gasteiger partial charge on any atom is 0.309 e. The second kappa shape index (κ2) is 6.53. The molecule has 114 valence electrons. The molecule has 8 heteroatoms. The third-order valence-corrected chi connectivity index (χ3v) is 3.25. The highest BCUT2D eigenvalue weighted by molar-refractivity contribution is 6.31. The molecule has 21 heavy (non-hydrogen) atoms. The minimum Gasteiger partial charge on any atom is -0.481 e. The molecule has 0 radical (unpaired) electrons. The zero-order chi connectivity index (χ0) is 16.2. The minimum absolute atomic E-state index is 0.0952. The highest BCUT2D eigenvalue weighted by Gasteiger charge is 2.27. The van der Waals surface area contributed by atoms with E-state index in [4.69, 9.17) is 16.7 Å². The maximum atomic E-state index is 11.9. The molecular formula is C13H15ClN2O5. The molecular weight excluding hydrogens is 300 g/mol. The van der Waals surface area contributed by atoms with Crippen LogP contribution in [0, 0.1) is 15.5 Å². The van der Waals surface area contributed by atoms with Gasteiger partial charge in [-0.25, -0.2) is 0 Å². The average molecular weight is 315 g/mol. The third-order valence-electron chi connectivity index (χ3n) is 3.02. The van der Waals surface area contributed by atoms with Crippen LogP contribution in [-0.4, -0.2) is 28.5 Å². The van der Waals surface area contributed by atoms with Gasteiger partial charge in [-0.3, -0.25) is 19.7 Å². The Labute approximate surface area is 126 Å². The largest absolute Gasteiger partial charge is 0.481 e. The number of carboxylic acid groups (broad SMARTS) is 1. The van der Waals surface area contributed by atoms with Crippen LogP contribution in [0.25, 0.3) is 0 Å². The predicted octanol–water partition coefficient (Wildman–Crippen LogP) is 2.48. The molecule has 0 aliphatic rings. The van der Waals surface area contributed by atoms with Crippen molar-refractivity contribution >= 4 is 29.2 Å². The molecule has 0 heterocycles. The van der Waals surface area contributed by atoms with Gasteiger partial charge in [-0.2, -0.15) is 0 Å². The third kappa shape index (κ3) is 4.42. The van der Waals surface area contributed by atoms with E-state index in [-0.39, 0.29) is 23.6 Å². The number of carbonyl (C=O) groups excluding carboxylic acids is 1. The van der Waals surface area contributed by atoms with Crippen LogP contribution in [-0.2, 0) is 4.79 Å². The Kier molecular flexibility index (Phi) is 5.26. The number of amides is 1. The fourth-order valence-electron chi connectivity index (χ4n) is 1.54. The van der Waals surface area contributed by atoms with Crippen molar-refractivity contribution in [1.29, 1.82) is 0 Å². The summed E-state index contributed by atoms with van der Waals surface area (Å²) in [5.74, 6) is -1.62. The van der Waals surface area contributed by atoms with Crippen LogP contribution < -0.4 is 5.32 Å². The van der Waals surface area contributed by atoms with Crippen molar-refractivity contribution in [2.45, 2.75) is 20.3 Å². The van der Waals surface area contributed by atoms with E-state index in [0.717, 1.165) is 6.07 Å². The summed E-state index contributed by atoms with van der Waals surface area (Å²) < 4.78 is 0. The van der Waals surface area contributed by atoms with Crippen molar-refractivity contribution < 1.29 is 19.6 Å². The highest BCUT2D eigenvalue weighted by atomic mass is 35.5. The van der Waals surface area contributed by atoms with Gasteiger partial charge in [-0.1, -0.05) is 11.6 Å². The molecule has 0 spiro atoms. The average Bonchev–Trinajstić information content (AvgIpc) is 2.37. The summed E-state index contributed by atoms with van der Waals surface area (Å²) >= 11 is 5.66. The standard InChI is InChI=1S/C13H15ClN2O5/c1-13(2,12(18)19)5-6-15-11(17)9-4-3-8(14)7-10(9)16(20)21/h3-4,7H,5-6H2,1-2H3,(H,15,17)(H,18,19). The Hall–Kier alpha value is -2.15. The normalized spacial score (nSPS) is 11.0. The second-order valence-corrected chi connectivity index (χ2v) is 5.55. The molecule has 0 saturated carbocycles. The Bertz CT molecular complexity index is 586. The van der Waals surface area contributed by atoms with Crippen molar-refractivity contribution in [2.24, 2.45) is 5.41 Å². The number of benzene rings is 1. The lowest BCUT2D eigenvalue weighted by Crippen LogP contribution is -2.32. The van der Waals surface area contributed by atoms with E-state index in [2.05, 4.69) is 5.32 Å². The smallest absolute Gasteiger partial charge is 0.309 e. The van der Waals surface area contributed by atoms with Gasteiger partial charge in [0.1, 0.15) is 5.56 Å². The fourth-order valence-corrected chi connectivity index (χ4v) is 1.70. The molecule has 0 aromatic heterocycles. The zero-order valence-electron chi connectivity index (χ0n) is 11.6. The van der Waals surface area contributed by atoms with E-state index in [1.807, 2.05) is 0 Å². The van der Waals surface area contributed by atoms with Crippen molar-refractivity contribution in [3.8, 4) is 0 Å². The summed E-state index contributed by atoms with van der Waals surface area (Å²) in [6.07, 6.45) is 0.204. The number of nitro groups is 1. The molecule has 0 fully saturated rings. The van der Waals surface area contributed by atoms with Crippen LogP contribution in [0.5, 0.6) is 0 Å². The molecule has 0 saturated heterocycles. The number of rotatable bonds is 6. The van der Waals surface area contributed by atoms with E-state index in [9.17, 15) is 19.7 Å². The van der Waals surface area contributed by atoms with Gasteiger partial charge >= 0.3 is 5.97 Å². The van der Waals surface area contributed by atoms with Crippen LogP contribution in [0.4, 0.5) is 5.69 Å². The van der Waals surface area contributed by atoms with E-state index < -0.39 is 27.9 Å². The van der Waals surface area contributed by atoms with Gasteiger partial charge in [-0.15, -0.1) is 0 Å². The van der Waals surface area contributed by atoms with Crippen molar-refractivity contribution in [2.75, 3.05) is 6.54 Å². The van der Waals surface area contributed by atoms with Crippen molar-refractivity contribution in [1.82, 2.24) is 5.32 Å². The van der Waals surface area contributed by atoms with Gasteiger partial charge < -0.3 is 10.4 Å². The molecule has 0 aliphatic heterocycles. The van der Waals surface area contributed by atoms with E-state index >= 15 is 0 Å². The van der Waals surface area contributed by atoms with Gasteiger partial charge in [0.25, 0.3) is 11.6 Å². The van der Waals surface area contributed by atoms with Gasteiger partial charge in [0.15, 0.2) is 0 Å². The first-order chi connectivity index (χ1) is 9.65. The number of nitrogens with zero attached hydrogens (tertiary/aromatic N) is 1. The quantitative estimate of drug-likeness (QED) is 0.619. The van der Waals surface area contributed by atoms with Crippen LogP contribution in [0.1, 0.15) is 30.6 Å². The van der Waals surface area contributed by atoms with E-state index in [1.165, 1.54) is 26.0 Å². The summed E-state index contributed by atoms with van der Waals surface area (Å²) in [5.41, 5.74) is -1.49. The molecule has 1 amide bonds. The first-order valence-electron chi connectivity index (χ1n) is 6.10. The molecule has 1 aromatic carbocycles. The number of nitrogens with one attached hydrogen (secondary N) is 1. The molecule has 0 bridgehead atoms. The van der Waals surface area contributed by atoms with Crippen LogP contribution in [0.15, 0.2) is 18.2 Å². The molecule has 0 unspecified atom stereocenters. The Balaban J connectivity index is 2.78. The first-order valence-corrected chi connectivity index (χ1v) is 6.48. The number of halogens is 1. The number of hydrogen-bond donors (Lipinski definition) is 2. The van der Waals surface area contributed by atoms with Crippen molar-refractivity contribution in [3.63, 3.8) is 0 Å². The minimum atomic E-state index is -0.987. The number of carboxylic acids is 1. The highest BCUT2D eigenvalue weighted by Crippen LogP contribution is 2.23. The predicted molar refractivity (Wildman–Crippen MR) is 76.5 cm³/mol. The van der Waals surface area contributed by atoms with E-state index in [0.29, 0.717) is 0 Å². The van der Waals surface area contributed by atoms with Gasteiger partial charge in [0, 0.05) is 17.6 Å². The van der Waals surface area contributed by atoms with Crippen LogP contribution in [0.3, 0.4) is 0 Å². The Morgan fingerprint density at radius 1 is 1.43 bits per heavy atom. The summed E-state index contributed by atoms with van der Waals surface area (Å²) in [6, 6.07) is 3.74. The Morgan fingerprint density at radius 2 is 2.05 bits per heavy atom. The Morgan fingerprint density at radius 3 is 2.57 bits per heavy atom. The lowest BCUT2D eigenvalue weighted by molar-refractivity contribution is -0.385. The van der Waals surface area contributed by atoms with Crippen LogP contribution >= 0.6 is 11.6 Å². The number of carbonyl (C=O) groups is 2. The first kappa shape index (κ1) is 16.9. The summed E-state index contributed by atoms with van der Waals surface area (Å²) in [6.45, 7) is 3.16. The summed E-state index contributed by atoms with van der Waals surface area (Å²) in [5, 5.41) is 22.5. The van der Waals surface area contributed by atoms with Gasteiger partial charge in [0.2, 0.25) is 0 Å². The lowest BCUT2D eigenvalue weighted by Gasteiger charge is -2.18. The number of hydrogen-bond acceptors (Lipinski definition) is 4. The zero-order valence-corrected chi connectivity index (χ0v) is 12.3. The topological polar surface area (TPSA) is 110 Å². The summed E-state index contributed by atoms with van der Waals surface area (Å²) in [7, 11) is 0. The fraction of sp³-hybridized carbons (Fsp3) is 0.385. The monoisotopic (exact) mass is 314 g/mol. The summed E-state index contributed by atoms with van der Waals surface area (Å²) in [4.78, 5) is 33.1. The number of nitro benzene ring substituents is 1. The maximum absolute atomic E-state index is 11.9. The molecule has 1 aromatic rings. The second-order valence-electron chi connectivity index (χ2n) is 5.11. The SMILES string of the molecule is CC(C)(CCNC(=O)c1ccc(Cl)cc1[N+](=O)[O-])C(=O)O. The van der Waals surface area contributed by atoms with E-state index in [1.54, 1.807) is 0 Å². The molecule has 0 aliphatic carbocycles. The lowest BCUT2D eigenvalue weighted by atomic mass is 9.90. The van der Waals surface area contributed by atoms with Gasteiger partial charge in [0.05, 0.1) is 10.3 Å². The molecule has 1 rings (SSSR count). The number of aliphatic carboxylic acids is 1. The van der Waals surface area contributed by atoms with Gasteiger partial charge in [-0.05, 0) is 32.4 Å². The van der Waals surface area contributed by atoms with Crippen molar-refractivity contribution in [3.05, 3.63) is 38.9 Å². The molecule has 0 atom stereocenters.